The van der Waals surface area contributed by atoms with Crippen molar-refractivity contribution in [1.82, 2.24) is 14.8 Å². The Kier molecular flexibility index (Phi) is 14.9. The fourth-order valence-corrected chi connectivity index (χ4v) is 4.10. The number of alkyl halides is 9. The summed E-state index contributed by atoms with van der Waals surface area (Å²) >= 11 is 0. The zero-order valence-electron chi connectivity index (χ0n) is 23.9. The van der Waals surface area contributed by atoms with E-state index in [1.165, 1.54) is 5.56 Å². The zero-order chi connectivity index (χ0) is 35.3. The van der Waals surface area contributed by atoms with Crippen molar-refractivity contribution in [3.8, 4) is 0 Å². The van der Waals surface area contributed by atoms with Crippen LogP contribution < -0.4 is 0 Å². The van der Waals surface area contributed by atoms with Crippen molar-refractivity contribution < 1.29 is 78.4 Å². The van der Waals surface area contributed by atoms with Gasteiger partial charge in [-0.3, -0.25) is 14.8 Å². The van der Waals surface area contributed by atoms with Crippen molar-refractivity contribution in [3.05, 3.63) is 54.2 Å². The maximum atomic E-state index is 10.6. The number of furan rings is 1. The Balaban J connectivity index is 0.000000413. The molecule has 46 heavy (non-hydrogen) atoms. The van der Waals surface area contributed by atoms with Gasteiger partial charge in [0.15, 0.2) is 0 Å². The van der Waals surface area contributed by atoms with Crippen LogP contribution in [0.3, 0.4) is 0 Å². The largest absolute Gasteiger partial charge is 0.490 e. The monoisotopic (exact) mass is 683 g/mol. The number of aliphatic carboxylic acids is 3. The van der Waals surface area contributed by atoms with Crippen LogP contribution in [0.1, 0.15) is 30.6 Å². The van der Waals surface area contributed by atoms with E-state index in [1.54, 1.807) is 6.26 Å². The van der Waals surface area contributed by atoms with Gasteiger partial charge in [-0.25, -0.2) is 14.4 Å². The summed E-state index contributed by atoms with van der Waals surface area (Å²) in [4.78, 5) is 35.8. The molecule has 4 heterocycles. The smallest absolute Gasteiger partial charge is 0.475 e. The number of hydrogen-bond donors (Lipinski definition) is 3. The third-order valence-corrected chi connectivity index (χ3v) is 6.42. The van der Waals surface area contributed by atoms with E-state index in [4.69, 9.17) is 38.9 Å². The molecule has 2 fully saturated rings. The molecule has 20 heteroatoms. The highest BCUT2D eigenvalue weighted by Gasteiger charge is 2.44. The van der Waals surface area contributed by atoms with Crippen molar-refractivity contribution in [3.63, 3.8) is 0 Å². The van der Waals surface area contributed by atoms with Gasteiger partial charge in [0.25, 0.3) is 0 Å². The van der Waals surface area contributed by atoms with Gasteiger partial charge in [0, 0.05) is 38.1 Å². The van der Waals surface area contributed by atoms with Crippen molar-refractivity contribution in [2.45, 2.75) is 62.5 Å². The molecule has 1 spiro atoms. The Hall–Kier alpha value is -3.91. The summed E-state index contributed by atoms with van der Waals surface area (Å²) in [6.45, 7) is 4.88. The van der Waals surface area contributed by atoms with Gasteiger partial charge < -0.3 is 24.5 Å². The van der Waals surface area contributed by atoms with Crippen LogP contribution in [0, 0.1) is 0 Å². The summed E-state index contributed by atoms with van der Waals surface area (Å²) in [6.07, 6.45) is -6.33. The summed E-state index contributed by atoms with van der Waals surface area (Å²) < 4.78 is 107. The van der Waals surface area contributed by atoms with Crippen LogP contribution in [0.25, 0.3) is 0 Å². The number of nitrogens with zero attached hydrogens (tertiary/aromatic N) is 3. The predicted molar refractivity (Wildman–Crippen MR) is 137 cm³/mol. The average Bonchev–Trinajstić information content (AvgIpc) is 3.61. The molecule has 260 valence electrons. The Labute approximate surface area is 255 Å². The lowest BCUT2D eigenvalue weighted by Crippen LogP contribution is -2.44. The molecule has 2 aromatic heterocycles. The molecule has 0 radical (unpaired) electrons. The Bertz CT molecular complexity index is 1160. The number of ether oxygens (including phenoxy) is 1. The molecule has 2 aromatic rings. The molecule has 2 aliphatic rings. The van der Waals surface area contributed by atoms with E-state index in [9.17, 15) is 39.5 Å². The van der Waals surface area contributed by atoms with Crippen LogP contribution >= 0.6 is 0 Å². The van der Waals surface area contributed by atoms with Gasteiger partial charge in [0.2, 0.25) is 0 Å². The molecule has 0 bridgehead atoms. The first-order valence-corrected chi connectivity index (χ1v) is 12.9. The van der Waals surface area contributed by atoms with Crippen LogP contribution in [0.4, 0.5) is 39.5 Å². The van der Waals surface area contributed by atoms with Crippen molar-refractivity contribution in [1.29, 1.82) is 0 Å². The summed E-state index contributed by atoms with van der Waals surface area (Å²) in [5.74, 6) is -7.25. The maximum Gasteiger partial charge on any atom is 0.490 e. The summed E-state index contributed by atoms with van der Waals surface area (Å²) in [5.41, 5.74) is 1.37. The van der Waals surface area contributed by atoms with Crippen molar-refractivity contribution in [2.75, 3.05) is 26.7 Å². The van der Waals surface area contributed by atoms with E-state index in [0.29, 0.717) is 6.04 Å². The molecule has 11 nitrogen and oxygen atoms in total. The van der Waals surface area contributed by atoms with Crippen molar-refractivity contribution >= 4 is 17.9 Å². The number of carboxylic acid groups (broad SMARTS) is 3. The van der Waals surface area contributed by atoms with Gasteiger partial charge in [-0.15, -0.1) is 0 Å². The number of pyridine rings is 1. The van der Waals surface area contributed by atoms with Gasteiger partial charge >= 0.3 is 36.4 Å². The van der Waals surface area contributed by atoms with Crippen LogP contribution in [0.5, 0.6) is 0 Å². The zero-order valence-corrected chi connectivity index (χ0v) is 23.9. The molecule has 0 aliphatic carbocycles. The molecular weight excluding hydrogens is 653 g/mol. The normalized spacial score (nSPS) is 17.9. The minimum Gasteiger partial charge on any atom is -0.475 e. The second kappa shape index (κ2) is 17.1. The minimum atomic E-state index is -5.08. The van der Waals surface area contributed by atoms with Crippen molar-refractivity contribution in [2.24, 2.45) is 0 Å². The van der Waals surface area contributed by atoms with Crippen LogP contribution in [-0.4, -0.2) is 105 Å². The quantitative estimate of drug-likeness (QED) is 0.372. The van der Waals surface area contributed by atoms with Crippen LogP contribution in [0.15, 0.2) is 47.3 Å². The van der Waals surface area contributed by atoms with E-state index in [-0.39, 0.29) is 5.60 Å². The number of aromatic nitrogens is 1. The molecule has 0 aromatic carbocycles. The molecule has 0 saturated carbocycles. The molecule has 2 aliphatic heterocycles. The molecule has 1 atom stereocenters. The van der Waals surface area contributed by atoms with E-state index < -0.39 is 36.4 Å². The third-order valence-electron chi connectivity index (χ3n) is 6.42. The van der Waals surface area contributed by atoms with E-state index in [0.717, 1.165) is 57.8 Å². The summed E-state index contributed by atoms with van der Waals surface area (Å²) in [6, 6.07) is 8.64. The molecule has 1 unspecified atom stereocenters. The average molecular weight is 684 g/mol. The number of carbonyl (C=O) groups is 3. The predicted octanol–water partition coefficient (Wildman–Crippen LogP) is 4.83. The lowest BCUT2D eigenvalue weighted by atomic mass is 9.87. The van der Waals surface area contributed by atoms with E-state index >= 15 is 0 Å². The SMILES string of the molecule is CN(Cc1ccco1)C1COC2(CCN(Cc3cccnc3)CC2)C1.O=C(O)C(F)(F)F.O=C(O)C(F)(F)F.O=C(O)C(F)(F)F. The number of halogens is 9. The molecule has 0 amide bonds. The molecular formula is C26H30F9N3O8. The first kappa shape index (κ1) is 40.1. The minimum absolute atomic E-state index is 0.0769. The Morgan fingerprint density at radius 3 is 1.80 bits per heavy atom. The number of carboxylic acids is 3. The second-order valence-electron chi connectivity index (χ2n) is 9.89. The standard InChI is InChI=1S/C20H27N3O2.3C2HF3O2/c1-22(15-19-5-3-11-24-19)18-12-20(25-16-18)6-9-23(10-7-20)14-17-4-2-8-21-13-17;3*3-2(4,5)1(6)7/h2-5,8,11,13,18H,6-7,9-10,12,14-16H2,1H3;3*(H,6,7). The highest BCUT2D eigenvalue weighted by Crippen LogP contribution is 2.38. The van der Waals surface area contributed by atoms with Gasteiger partial charge in [-0.05, 0) is 50.1 Å². The number of hydrogen-bond acceptors (Lipinski definition) is 8. The van der Waals surface area contributed by atoms with Gasteiger partial charge in [0.1, 0.15) is 5.76 Å². The first-order chi connectivity index (χ1) is 21.1. The van der Waals surface area contributed by atoms with Gasteiger partial charge in [0.05, 0.1) is 25.0 Å². The van der Waals surface area contributed by atoms with Gasteiger partial charge in [-0.1, -0.05) is 6.07 Å². The topological polar surface area (TPSA) is 154 Å². The number of likely N-dealkylation sites (N-methyl/N-ethyl adjacent to an activating group) is 1. The maximum absolute atomic E-state index is 10.6. The summed E-state index contributed by atoms with van der Waals surface area (Å²) in [7, 11) is 2.17. The van der Waals surface area contributed by atoms with Crippen LogP contribution in [0.2, 0.25) is 0 Å². The second-order valence-corrected chi connectivity index (χ2v) is 9.89. The molecule has 4 rings (SSSR count). The molecule has 2 saturated heterocycles. The lowest BCUT2D eigenvalue weighted by molar-refractivity contribution is -0.193. The summed E-state index contributed by atoms with van der Waals surface area (Å²) in [5, 5.41) is 21.4. The fraction of sp³-hybridized carbons (Fsp3) is 0.538. The van der Waals surface area contributed by atoms with E-state index in [1.807, 2.05) is 30.6 Å². The Morgan fingerprint density at radius 2 is 1.41 bits per heavy atom. The van der Waals surface area contributed by atoms with E-state index in [2.05, 4.69) is 27.9 Å². The highest BCUT2D eigenvalue weighted by molar-refractivity contribution is 5.73. The highest BCUT2D eigenvalue weighted by atomic mass is 19.4. The van der Waals surface area contributed by atoms with Crippen LogP contribution in [-0.2, 0) is 32.2 Å². The Morgan fingerprint density at radius 1 is 0.913 bits per heavy atom. The number of rotatable bonds is 5. The first-order valence-electron chi connectivity index (χ1n) is 12.9. The number of likely N-dealkylation sites (tertiary alicyclic amines) is 1. The lowest BCUT2D eigenvalue weighted by Gasteiger charge is -2.39. The molecule has 3 N–H and O–H groups in total. The number of piperidine rings is 1. The fourth-order valence-electron chi connectivity index (χ4n) is 4.10. The van der Waals surface area contributed by atoms with Gasteiger partial charge in [-0.2, -0.15) is 39.5 Å². The third kappa shape index (κ3) is 14.9.